The van der Waals surface area contributed by atoms with Gasteiger partial charge in [0.05, 0.1) is 18.0 Å². The fraction of sp³-hybridized carbons (Fsp3) is 0.167. The van der Waals surface area contributed by atoms with Gasteiger partial charge in [0, 0.05) is 19.8 Å². The van der Waals surface area contributed by atoms with Crippen molar-refractivity contribution in [2.45, 2.75) is 0 Å². The molecule has 0 radical (unpaired) electrons. The van der Waals surface area contributed by atoms with Crippen molar-refractivity contribution in [3.05, 3.63) is 54.6 Å². The van der Waals surface area contributed by atoms with Gasteiger partial charge in [-0.2, -0.15) is 5.10 Å². The van der Waals surface area contributed by atoms with Gasteiger partial charge in [0.1, 0.15) is 11.4 Å². The lowest BCUT2D eigenvalue weighted by atomic mass is 10.2. The lowest BCUT2D eigenvalue weighted by Gasteiger charge is -2.13. The summed E-state index contributed by atoms with van der Waals surface area (Å²) in [7, 11) is 3.95. The Morgan fingerprint density at radius 2 is 1.75 bits per heavy atom. The molecule has 0 bridgehead atoms. The van der Waals surface area contributed by atoms with E-state index in [9.17, 15) is 5.11 Å². The highest BCUT2D eigenvalue weighted by Crippen LogP contribution is 2.23. The van der Waals surface area contributed by atoms with Crippen LogP contribution >= 0.6 is 0 Å². The number of aliphatic hydroxyl groups is 1. The zero-order valence-corrected chi connectivity index (χ0v) is 13.6. The summed E-state index contributed by atoms with van der Waals surface area (Å²) >= 11 is 0. The Balaban J connectivity index is 1.92. The number of nitrogens with one attached hydrogen (secondary N) is 1. The number of benzene rings is 2. The van der Waals surface area contributed by atoms with Crippen LogP contribution in [-0.2, 0) is 0 Å². The van der Waals surface area contributed by atoms with E-state index in [1.807, 2.05) is 73.6 Å². The Labute approximate surface area is 140 Å². The minimum absolute atomic E-state index is 0.155. The van der Waals surface area contributed by atoms with Crippen LogP contribution in [0.1, 0.15) is 0 Å². The SMILES string of the molecule is CN(C)c1ccc(N=C2C(=N)N(c3ccccc3)N=C2CO)cc1. The number of nitrogens with zero attached hydrogens (tertiary/aromatic N) is 4. The number of aliphatic hydroxyl groups excluding tert-OH is 1. The van der Waals surface area contributed by atoms with Gasteiger partial charge >= 0.3 is 0 Å². The molecule has 3 rings (SSSR count). The lowest BCUT2D eigenvalue weighted by Crippen LogP contribution is -2.27. The van der Waals surface area contributed by atoms with Crippen molar-refractivity contribution >= 4 is 34.3 Å². The second-order valence-corrected chi connectivity index (χ2v) is 5.57. The number of hydrazone groups is 1. The molecule has 122 valence electrons. The molecule has 2 N–H and O–H groups in total. The smallest absolute Gasteiger partial charge is 0.174 e. The van der Waals surface area contributed by atoms with E-state index in [0.717, 1.165) is 17.1 Å². The molecule has 1 aliphatic rings. The number of anilines is 2. The van der Waals surface area contributed by atoms with Gasteiger partial charge in [-0.25, -0.2) is 10.0 Å². The molecular formula is C18H19N5O. The summed E-state index contributed by atoms with van der Waals surface area (Å²) in [5.74, 6) is 0.155. The summed E-state index contributed by atoms with van der Waals surface area (Å²) in [6.07, 6.45) is 0. The highest BCUT2D eigenvalue weighted by atomic mass is 16.3. The van der Waals surface area contributed by atoms with Crippen LogP contribution in [0, 0.1) is 5.41 Å². The maximum atomic E-state index is 9.57. The van der Waals surface area contributed by atoms with Gasteiger partial charge in [-0.3, -0.25) is 5.41 Å². The summed E-state index contributed by atoms with van der Waals surface area (Å²) in [4.78, 5) is 6.51. The van der Waals surface area contributed by atoms with Crippen molar-refractivity contribution in [3.63, 3.8) is 0 Å². The number of aliphatic imine (C=N–C) groups is 1. The fourth-order valence-corrected chi connectivity index (χ4v) is 2.39. The molecule has 6 heteroatoms. The van der Waals surface area contributed by atoms with Gasteiger partial charge in [-0.1, -0.05) is 18.2 Å². The van der Waals surface area contributed by atoms with Crippen molar-refractivity contribution < 1.29 is 5.11 Å². The van der Waals surface area contributed by atoms with E-state index < -0.39 is 0 Å². The van der Waals surface area contributed by atoms with Crippen molar-refractivity contribution in [2.24, 2.45) is 10.1 Å². The van der Waals surface area contributed by atoms with Crippen LogP contribution in [0.5, 0.6) is 0 Å². The third-order valence-corrected chi connectivity index (χ3v) is 3.69. The number of hydrogen-bond donors (Lipinski definition) is 2. The summed E-state index contributed by atoms with van der Waals surface area (Å²) in [6.45, 7) is -0.264. The minimum Gasteiger partial charge on any atom is -0.390 e. The maximum absolute atomic E-state index is 9.57. The van der Waals surface area contributed by atoms with Crippen LogP contribution in [0.3, 0.4) is 0 Å². The van der Waals surface area contributed by atoms with Crippen LogP contribution in [0.15, 0.2) is 64.7 Å². The second kappa shape index (κ2) is 6.64. The van der Waals surface area contributed by atoms with Gasteiger partial charge in [-0.15, -0.1) is 0 Å². The predicted molar refractivity (Wildman–Crippen MR) is 99.0 cm³/mol. The number of hydrogen-bond acceptors (Lipinski definition) is 5. The van der Waals surface area contributed by atoms with Gasteiger partial charge in [0.15, 0.2) is 5.84 Å². The third-order valence-electron chi connectivity index (χ3n) is 3.69. The van der Waals surface area contributed by atoms with Crippen molar-refractivity contribution in [3.8, 4) is 0 Å². The monoisotopic (exact) mass is 321 g/mol. The fourth-order valence-electron chi connectivity index (χ4n) is 2.39. The van der Waals surface area contributed by atoms with E-state index in [1.54, 1.807) is 0 Å². The topological polar surface area (TPSA) is 75.3 Å². The normalized spacial score (nSPS) is 15.8. The first-order valence-electron chi connectivity index (χ1n) is 7.59. The Kier molecular flexibility index (Phi) is 4.39. The molecule has 0 aliphatic carbocycles. The van der Waals surface area contributed by atoms with Gasteiger partial charge in [-0.05, 0) is 36.4 Å². The quantitative estimate of drug-likeness (QED) is 0.909. The third kappa shape index (κ3) is 3.04. The Morgan fingerprint density at radius 3 is 2.33 bits per heavy atom. The predicted octanol–water partition coefficient (Wildman–Crippen LogP) is 2.67. The van der Waals surface area contributed by atoms with E-state index in [1.165, 1.54) is 5.01 Å². The molecular weight excluding hydrogens is 302 g/mol. The number of rotatable bonds is 4. The Bertz CT molecular complexity index is 794. The van der Waals surface area contributed by atoms with Gasteiger partial charge in [0.2, 0.25) is 0 Å². The molecule has 2 aromatic rings. The van der Waals surface area contributed by atoms with Crippen LogP contribution in [-0.4, -0.2) is 43.1 Å². The van der Waals surface area contributed by atoms with Crippen LogP contribution in [0.4, 0.5) is 17.1 Å². The minimum atomic E-state index is -0.264. The largest absolute Gasteiger partial charge is 0.390 e. The van der Waals surface area contributed by atoms with E-state index in [0.29, 0.717) is 11.4 Å². The average Bonchev–Trinajstić information content (AvgIpc) is 2.92. The van der Waals surface area contributed by atoms with Crippen molar-refractivity contribution in [1.29, 1.82) is 5.41 Å². The van der Waals surface area contributed by atoms with Crippen molar-refractivity contribution in [1.82, 2.24) is 0 Å². The zero-order valence-electron chi connectivity index (χ0n) is 13.6. The highest BCUT2D eigenvalue weighted by molar-refractivity contribution is 6.72. The molecule has 0 aromatic heterocycles. The van der Waals surface area contributed by atoms with E-state index in [4.69, 9.17) is 5.41 Å². The molecule has 0 saturated heterocycles. The lowest BCUT2D eigenvalue weighted by molar-refractivity contribution is 0.359. The molecule has 2 aromatic carbocycles. The molecule has 0 fully saturated rings. The molecule has 6 nitrogen and oxygen atoms in total. The maximum Gasteiger partial charge on any atom is 0.174 e. The number of amidine groups is 1. The average molecular weight is 321 g/mol. The molecule has 0 unspecified atom stereocenters. The van der Waals surface area contributed by atoms with Crippen LogP contribution in [0.2, 0.25) is 0 Å². The molecule has 1 aliphatic heterocycles. The summed E-state index contributed by atoms with van der Waals surface area (Å²) in [5.41, 5.74) is 3.33. The van der Waals surface area contributed by atoms with E-state index in [2.05, 4.69) is 10.1 Å². The molecule has 0 amide bonds. The first-order chi connectivity index (χ1) is 11.6. The van der Waals surface area contributed by atoms with E-state index in [-0.39, 0.29) is 12.4 Å². The van der Waals surface area contributed by atoms with E-state index >= 15 is 0 Å². The second-order valence-electron chi connectivity index (χ2n) is 5.57. The molecule has 0 spiro atoms. The Morgan fingerprint density at radius 1 is 1.08 bits per heavy atom. The standard InChI is InChI=1S/C18H19N5O/c1-22(2)14-10-8-13(9-11-14)20-17-16(12-24)21-23(18(17)19)15-6-4-3-5-7-15/h3-11,19,24H,12H2,1-2H3. The summed E-state index contributed by atoms with van der Waals surface area (Å²) in [5, 5.41) is 23.7. The van der Waals surface area contributed by atoms with Crippen molar-refractivity contribution in [2.75, 3.05) is 30.6 Å². The summed E-state index contributed by atoms with van der Waals surface area (Å²) in [6, 6.07) is 17.1. The van der Waals surface area contributed by atoms with Gasteiger partial charge < -0.3 is 10.0 Å². The zero-order chi connectivity index (χ0) is 17.1. The molecule has 0 atom stereocenters. The summed E-state index contributed by atoms with van der Waals surface area (Å²) < 4.78 is 0. The Hall–Kier alpha value is -2.99. The number of para-hydroxylation sites is 1. The first-order valence-corrected chi connectivity index (χ1v) is 7.59. The highest BCUT2D eigenvalue weighted by Gasteiger charge is 2.29. The van der Waals surface area contributed by atoms with Gasteiger partial charge in [0.25, 0.3) is 0 Å². The molecule has 0 saturated carbocycles. The van der Waals surface area contributed by atoms with Crippen LogP contribution < -0.4 is 9.91 Å². The molecule has 1 heterocycles. The molecule has 24 heavy (non-hydrogen) atoms. The van der Waals surface area contributed by atoms with Crippen LogP contribution in [0.25, 0.3) is 0 Å². The first kappa shape index (κ1) is 15.9.